The second-order valence-electron chi connectivity index (χ2n) is 7.44. The van der Waals surface area contributed by atoms with Crippen molar-refractivity contribution in [3.8, 4) is 5.75 Å². The largest absolute Gasteiger partial charge is 0.503 e. The summed E-state index contributed by atoms with van der Waals surface area (Å²) < 4.78 is 22.2. The Morgan fingerprint density at radius 3 is 2.69 bits per heavy atom. The zero-order valence-corrected chi connectivity index (χ0v) is 17.3. The number of hydrogen-bond donors (Lipinski definition) is 1. The van der Waals surface area contributed by atoms with Gasteiger partial charge in [0.25, 0.3) is 5.91 Å². The zero-order chi connectivity index (χ0) is 22.4. The van der Waals surface area contributed by atoms with Crippen molar-refractivity contribution in [1.82, 2.24) is 4.90 Å². The first-order valence-electron chi connectivity index (χ1n) is 9.92. The summed E-state index contributed by atoms with van der Waals surface area (Å²) in [5.41, 5.74) is 0.287. The summed E-state index contributed by atoms with van der Waals surface area (Å²) in [4.78, 5) is 27.8. The second-order valence-corrected chi connectivity index (χ2v) is 7.44. The molecule has 0 radical (unpaired) electrons. The van der Waals surface area contributed by atoms with Crippen molar-refractivity contribution in [1.29, 1.82) is 0 Å². The Morgan fingerprint density at radius 1 is 1.16 bits per heavy atom. The lowest BCUT2D eigenvalue weighted by atomic mass is 9.99. The number of furan rings is 3. The second kappa shape index (κ2) is 7.49. The fourth-order valence-corrected chi connectivity index (χ4v) is 3.96. The number of amides is 1. The van der Waals surface area contributed by atoms with Crippen LogP contribution in [0.2, 0.25) is 0 Å². The highest BCUT2D eigenvalue weighted by Gasteiger charge is 2.46. The van der Waals surface area contributed by atoms with Crippen LogP contribution in [-0.4, -0.2) is 28.8 Å². The minimum atomic E-state index is -0.941. The number of aliphatic hydroxyl groups excluding tert-OH is 1. The van der Waals surface area contributed by atoms with E-state index in [1.165, 1.54) is 18.3 Å². The highest BCUT2D eigenvalue weighted by molar-refractivity contribution is 6.16. The Bertz CT molecular complexity index is 1360. The van der Waals surface area contributed by atoms with Crippen LogP contribution in [0.1, 0.15) is 33.9 Å². The number of carbonyl (C=O) groups excluding carboxylic acids is 2. The number of para-hydroxylation sites is 1. The van der Waals surface area contributed by atoms with Crippen molar-refractivity contribution in [3.63, 3.8) is 0 Å². The van der Waals surface area contributed by atoms with E-state index in [2.05, 4.69) is 0 Å². The third-order valence-corrected chi connectivity index (χ3v) is 5.44. The van der Waals surface area contributed by atoms with E-state index < -0.39 is 23.5 Å². The molecule has 4 aromatic rings. The molecule has 1 aliphatic heterocycles. The van der Waals surface area contributed by atoms with Gasteiger partial charge >= 0.3 is 0 Å². The van der Waals surface area contributed by atoms with Gasteiger partial charge in [-0.3, -0.25) is 9.59 Å². The summed E-state index contributed by atoms with van der Waals surface area (Å²) in [5.74, 6) is -0.0466. The third-order valence-electron chi connectivity index (χ3n) is 5.44. The van der Waals surface area contributed by atoms with Gasteiger partial charge in [-0.25, -0.2) is 0 Å². The maximum absolute atomic E-state index is 13.5. The van der Waals surface area contributed by atoms with Crippen molar-refractivity contribution in [2.24, 2.45) is 0 Å². The van der Waals surface area contributed by atoms with E-state index in [0.717, 1.165) is 0 Å². The number of methoxy groups -OCH3 is 1. The number of fused-ring (bicyclic) bond motifs is 1. The van der Waals surface area contributed by atoms with Gasteiger partial charge in [0.05, 0.1) is 25.5 Å². The molecule has 0 aliphatic carbocycles. The molecule has 32 heavy (non-hydrogen) atoms. The monoisotopic (exact) mass is 433 g/mol. The predicted octanol–water partition coefficient (Wildman–Crippen LogP) is 4.71. The molecule has 0 saturated heterocycles. The minimum absolute atomic E-state index is 0.0213. The van der Waals surface area contributed by atoms with Gasteiger partial charge in [-0.2, -0.15) is 0 Å². The molecule has 1 aromatic carbocycles. The SMILES string of the molecule is COc1cccc2cc(C(=O)C3=C(O)C(=O)N(Cc4ccco4)C3c3ccc(C)o3)oc12. The first-order chi connectivity index (χ1) is 15.5. The number of aryl methyl sites for hydroxylation is 1. The molecular weight excluding hydrogens is 414 g/mol. The summed E-state index contributed by atoms with van der Waals surface area (Å²) in [6.45, 7) is 1.80. The topological polar surface area (TPSA) is 106 Å². The van der Waals surface area contributed by atoms with Crippen LogP contribution in [0.15, 0.2) is 79.4 Å². The molecule has 0 fully saturated rings. The highest BCUT2D eigenvalue weighted by atomic mass is 16.5. The lowest BCUT2D eigenvalue weighted by Gasteiger charge is -2.23. The molecule has 8 nitrogen and oxygen atoms in total. The third kappa shape index (κ3) is 3.08. The van der Waals surface area contributed by atoms with Crippen molar-refractivity contribution < 1.29 is 32.7 Å². The molecule has 1 aliphatic rings. The van der Waals surface area contributed by atoms with Crippen molar-refractivity contribution in [2.45, 2.75) is 19.5 Å². The molecule has 5 rings (SSSR count). The van der Waals surface area contributed by atoms with Crippen LogP contribution < -0.4 is 4.74 Å². The van der Waals surface area contributed by atoms with E-state index in [-0.39, 0.29) is 17.9 Å². The molecule has 1 unspecified atom stereocenters. The van der Waals surface area contributed by atoms with Crippen molar-refractivity contribution in [2.75, 3.05) is 7.11 Å². The van der Waals surface area contributed by atoms with Crippen LogP contribution in [0.25, 0.3) is 11.0 Å². The summed E-state index contributed by atoms with van der Waals surface area (Å²) in [6.07, 6.45) is 1.49. The fraction of sp³-hybridized carbons (Fsp3) is 0.167. The molecule has 0 saturated carbocycles. The number of hydrogen-bond acceptors (Lipinski definition) is 7. The number of ketones is 1. The summed E-state index contributed by atoms with van der Waals surface area (Å²) in [6, 6.07) is 12.7. The molecule has 1 amide bonds. The minimum Gasteiger partial charge on any atom is -0.503 e. The highest BCUT2D eigenvalue weighted by Crippen LogP contribution is 2.41. The number of aliphatic hydroxyl groups is 1. The predicted molar refractivity (Wildman–Crippen MR) is 112 cm³/mol. The summed E-state index contributed by atoms with van der Waals surface area (Å²) in [5, 5.41) is 11.4. The van der Waals surface area contributed by atoms with E-state index in [1.54, 1.807) is 55.5 Å². The Morgan fingerprint density at radius 2 is 2.00 bits per heavy atom. The first kappa shape index (κ1) is 19.7. The van der Waals surface area contributed by atoms with Gasteiger partial charge in [-0.1, -0.05) is 12.1 Å². The van der Waals surface area contributed by atoms with Gasteiger partial charge in [-0.05, 0) is 43.3 Å². The summed E-state index contributed by atoms with van der Waals surface area (Å²) in [7, 11) is 1.50. The lowest BCUT2D eigenvalue weighted by molar-refractivity contribution is -0.130. The molecule has 4 heterocycles. The average Bonchev–Trinajstić information content (AvgIpc) is 3.57. The van der Waals surface area contributed by atoms with E-state index >= 15 is 0 Å². The quantitative estimate of drug-likeness (QED) is 0.439. The van der Waals surface area contributed by atoms with Gasteiger partial charge < -0.3 is 28.0 Å². The fourth-order valence-electron chi connectivity index (χ4n) is 3.96. The standard InChI is InChI=1S/C24H19NO7/c1-13-8-9-16(31-13)20-19(22(27)24(28)25(20)12-15-6-4-10-30-15)21(26)18-11-14-5-3-7-17(29-2)23(14)32-18/h3-11,20,27H,12H2,1-2H3. The van der Waals surface area contributed by atoms with Crippen molar-refractivity contribution >= 4 is 22.7 Å². The van der Waals surface area contributed by atoms with E-state index in [9.17, 15) is 14.7 Å². The number of nitrogens with zero attached hydrogens (tertiary/aromatic N) is 1. The van der Waals surface area contributed by atoms with Gasteiger partial charge in [0.1, 0.15) is 23.3 Å². The van der Waals surface area contributed by atoms with E-state index in [4.69, 9.17) is 18.0 Å². The maximum atomic E-state index is 13.5. The number of rotatable bonds is 6. The number of carbonyl (C=O) groups is 2. The first-order valence-corrected chi connectivity index (χ1v) is 9.92. The van der Waals surface area contributed by atoms with E-state index in [0.29, 0.717) is 34.0 Å². The Hall–Kier alpha value is -4.20. The molecule has 0 spiro atoms. The van der Waals surface area contributed by atoms with Crippen LogP contribution in [-0.2, 0) is 11.3 Å². The van der Waals surface area contributed by atoms with Gasteiger partial charge in [0.2, 0.25) is 5.78 Å². The Balaban J connectivity index is 1.60. The molecule has 1 atom stereocenters. The van der Waals surface area contributed by atoms with Gasteiger partial charge in [-0.15, -0.1) is 0 Å². The van der Waals surface area contributed by atoms with Crippen molar-refractivity contribution in [3.05, 3.63) is 89.2 Å². The molecular formula is C24H19NO7. The smallest absolute Gasteiger partial charge is 0.290 e. The molecule has 162 valence electrons. The van der Waals surface area contributed by atoms with Crippen LogP contribution in [0.5, 0.6) is 5.75 Å². The van der Waals surface area contributed by atoms with Crippen LogP contribution in [0.4, 0.5) is 0 Å². The normalized spacial score (nSPS) is 16.4. The molecule has 1 N–H and O–H groups in total. The lowest BCUT2D eigenvalue weighted by Crippen LogP contribution is -2.30. The Labute approximate surface area is 182 Å². The molecule has 3 aromatic heterocycles. The number of ether oxygens (including phenoxy) is 1. The van der Waals surface area contributed by atoms with Crippen LogP contribution in [0, 0.1) is 6.92 Å². The molecule has 8 heteroatoms. The summed E-state index contributed by atoms with van der Waals surface area (Å²) >= 11 is 0. The average molecular weight is 433 g/mol. The van der Waals surface area contributed by atoms with Crippen LogP contribution >= 0.6 is 0 Å². The zero-order valence-electron chi connectivity index (χ0n) is 17.3. The van der Waals surface area contributed by atoms with E-state index in [1.807, 2.05) is 0 Å². The number of Topliss-reactive ketones (excluding diaryl/α,β-unsaturated/α-hetero) is 1. The van der Waals surface area contributed by atoms with Gasteiger partial charge in [0, 0.05) is 5.39 Å². The molecule has 0 bridgehead atoms. The Kier molecular flexibility index (Phi) is 4.62. The number of benzene rings is 1. The maximum Gasteiger partial charge on any atom is 0.290 e. The van der Waals surface area contributed by atoms with Crippen LogP contribution in [0.3, 0.4) is 0 Å². The van der Waals surface area contributed by atoms with Gasteiger partial charge in [0.15, 0.2) is 22.9 Å².